The Morgan fingerprint density at radius 3 is 2.43 bits per heavy atom. The van der Waals surface area contributed by atoms with Crippen LogP contribution < -0.4 is 0 Å². The molecule has 0 radical (unpaired) electrons. The van der Waals surface area contributed by atoms with Crippen molar-refractivity contribution in [1.82, 2.24) is 4.90 Å². The third-order valence-corrected chi connectivity index (χ3v) is 10.8. The Bertz CT molecular complexity index is 632. The summed E-state index contributed by atoms with van der Waals surface area (Å²) >= 11 is 0. The van der Waals surface area contributed by atoms with Crippen molar-refractivity contribution < 1.29 is 5.11 Å². The van der Waals surface area contributed by atoms with Crippen molar-refractivity contribution in [3.05, 3.63) is 11.8 Å². The fourth-order valence-electron chi connectivity index (χ4n) is 8.88. The smallest absolute Gasteiger partial charge is 0.0675 e. The lowest BCUT2D eigenvalue weighted by Gasteiger charge is -2.61. The molecule has 28 heavy (non-hydrogen) atoms. The van der Waals surface area contributed by atoms with Gasteiger partial charge in [-0.15, -0.1) is 0 Å². The highest BCUT2D eigenvalue weighted by atomic mass is 16.3. The van der Waals surface area contributed by atoms with Crippen molar-refractivity contribution >= 4 is 0 Å². The number of piperidine rings is 1. The van der Waals surface area contributed by atoms with Gasteiger partial charge in [-0.05, 0) is 125 Å². The monoisotopic (exact) mass is 385 g/mol. The molecule has 1 saturated heterocycles. The van der Waals surface area contributed by atoms with Gasteiger partial charge in [0, 0.05) is 13.1 Å². The molecule has 0 aromatic carbocycles. The predicted octanol–water partition coefficient (Wildman–Crippen LogP) is 6.15. The molecule has 2 heteroatoms. The normalized spacial score (nSPS) is 52.9. The lowest BCUT2D eigenvalue weighted by molar-refractivity contribution is -0.141. The first-order valence-corrected chi connectivity index (χ1v) is 12.5. The first-order chi connectivity index (χ1) is 13.3. The van der Waals surface area contributed by atoms with Crippen LogP contribution in [0.4, 0.5) is 0 Å². The summed E-state index contributed by atoms with van der Waals surface area (Å²) in [5.41, 5.74) is 2.00. The largest absolute Gasteiger partial charge is 0.390 e. The van der Waals surface area contributed by atoms with Crippen LogP contribution in [0.1, 0.15) is 97.8 Å². The molecule has 5 aliphatic rings. The molecule has 5 fully saturated rings. The van der Waals surface area contributed by atoms with Gasteiger partial charge < -0.3 is 10.0 Å². The fourth-order valence-corrected chi connectivity index (χ4v) is 8.88. The van der Waals surface area contributed by atoms with Crippen LogP contribution in [0.5, 0.6) is 0 Å². The number of hydrogen-bond acceptors (Lipinski definition) is 2. The zero-order valence-corrected chi connectivity index (χ0v) is 18.7. The van der Waals surface area contributed by atoms with Crippen LogP contribution in [0.15, 0.2) is 11.8 Å². The van der Waals surface area contributed by atoms with E-state index in [4.69, 9.17) is 0 Å². The lowest BCUT2D eigenvalue weighted by atomic mass is 9.44. The number of rotatable bonds is 1. The average Bonchev–Trinajstić information content (AvgIpc) is 2.91. The van der Waals surface area contributed by atoms with Crippen LogP contribution >= 0.6 is 0 Å². The zero-order chi connectivity index (χ0) is 19.6. The second-order valence-electron chi connectivity index (χ2n) is 12.0. The van der Waals surface area contributed by atoms with E-state index >= 15 is 0 Å². The number of hydrogen-bond donors (Lipinski definition) is 1. The highest BCUT2D eigenvalue weighted by Gasteiger charge is 2.63. The molecule has 0 bridgehead atoms. The molecule has 4 aliphatic carbocycles. The topological polar surface area (TPSA) is 23.5 Å². The summed E-state index contributed by atoms with van der Waals surface area (Å²) in [6.45, 7) is 9.81. The Hall–Kier alpha value is -0.500. The zero-order valence-electron chi connectivity index (χ0n) is 18.7. The summed E-state index contributed by atoms with van der Waals surface area (Å²) in [4.78, 5) is 2.63. The SMILES string of the molecule is CC12C/C(=C/N3CCCCC3)CCC1CCC1C2CCC2(C)C1CCC2(C)O. The van der Waals surface area contributed by atoms with Gasteiger partial charge in [0.2, 0.25) is 0 Å². The van der Waals surface area contributed by atoms with Crippen LogP contribution in [-0.4, -0.2) is 28.7 Å². The molecule has 1 heterocycles. The summed E-state index contributed by atoms with van der Waals surface area (Å²) in [6.07, 6.45) is 18.7. The molecular formula is C26H43NO. The molecule has 7 atom stereocenters. The molecule has 1 N–H and O–H groups in total. The molecule has 1 aliphatic heterocycles. The Kier molecular flexibility index (Phi) is 4.70. The van der Waals surface area contributed by atoms with Gasteiger partial charge in [0.15, 0.2) is 0 Å². The van der Waals surface area contributed by atoms with Gasteiger partial charge in [0.05, 0.1) is 5.60 Å². The predicted molar refractivity (Wildman–Crippen MR) is 116 cm³/mol. The van der Waals surface area contributed by atoms with Gasteiger partial charge >= 0.3 is 0 Å². The lowest BCUT2D eigenvalue weighted by Crippen LogP contribution is -2.55. The second kappa shape index (κ2) is 6.76. The number of nitrogens with zero attached hydrogens (tertiary/aromatic N) is 1. The summed E-state index contributed by atoms with van der Waals surface area (Å²) in [5, 5.41) is 11.1. The first kappa shape index (κ1) is 19.5. The van der Waals surface area contributed by atoms with Crippen molar-refractivity contribution in [3.63, 3.8) is 0 Å². The standard InChI is InChI=1S/C26H43NO/c1-24-17-19(18-27-15-5-4-6-16-27)7-8-20(24)9-10-21-22(24)11-13-25(2)23(21)12-14-26(25,3)28/h18,20-23,28H,4-17H2,1-3H3/b19-18+. The highest BCUT2D eigenvalue weighted by molar-refractivity contribution is 5.17. The molecule has 0 aromatic heterocycles. The van der Waals surface area contributed by atoms with Crippen LogP contribution in [-0.2, 0) is 0 Å². The third-order valence-electron chi connectivity index (χ3n) is 10.8. The summed E-state index contributed by atoms with van der Waals surface area (Å²) < 4.78 is 0. The van der Waals surface area contributed by atoms with E-state index in [0.717, 1.165) is 30.1 Å². The maximum atomic E-state index is 11.1. The van der Waals surface area contributed by atoms with Gasteiger partial charge in [-0.2, -0.15) is 0 Å². The molecule has 0 spiro atoms. The molecule has 158 valence electrons. The van der Waals surface area contributed by atoms with Crippen molar-refractivity contribution in [2.45, 2.75) is 103 Å². The maximum absolute atomic E-state index is 11.1. The number of likely N-dealkylation sites (tertiary alicyclic amines) is 1. The summed E-state index contributed by atoms with van der Waals surface area (Å²) in [5.74, 6) is 3.46. The Balaban J connectivity index is 1.38. The maximum Gasteiger partial charge on any atom is 0.0675 e. The van der Waals surface area contributed by atoms with E-state index < -0.39 is 5.60 Å². The molecule has 7 unspecified atom stereocenters. The van der Waals surface area contributed by atoms with Crippen LogP contribution in [0.2, 0.25) is 0 Å². The second-order valence-corrected chi connectivity index (χ2v) is 12.0. The first-order valence-electron chi connectivity index (χ1n) is 12.5. The Labute approximate surface area is 173 Å². The number of allylic oxidation sites excluding steroid dienone is 1. The number of aliphatic hydroxyl groups is 1. The number of fused-ring (bicyclic) bond motifs is 5. The van der Waals surface area contributed by atoms with E-state index in [2.05, 4.69) is 31.9 Å². The van der Waals surface area contributed by atoms with Crippen LogP contribution in [0.3, 0.4) is 0 Å². The van der Waals surface area contributed by atoms with E-state index in [9.17, 15) is 5.11 Å². The fraction of sp³-hybridized carbons (Fsp3) is 0.923. The Morgan fingerprint density at radius 2 is 1.64 bits per heavy atom. The minimum Gasteiger partial charge on any atom is -0.390 e. The summed E-state index contributed by atoms with van der Waals surface area (Å²) in [6, 6.07) is 0. The van der Waals surface area contributed by atoms with Crippen molar-refractivity contribution in [2.24, 2.45) is 34.5 Å². The van der Waals surface area contributed by atoms with Gasteiger partial charge in [-0.3, -0.25) is 0 Å². The molecule has 4 saturated carbocycles. The van der Waals surface area contributed by atoms with E-state index in [0.29, 0.717) is 5.41 Å². The van der Waals surface area contributed by atoms with Crippen molar-refractivity contribution in [2.75, 3.05) is 13.1 Å². The molecule has 0 aromatic rings. The molecular weight excluding hydrogens is 342 g/mol. The molecule has 0 amide bonds. The highest BCUT2D eigenvalue weighted by Crippen LogP contribution is 2.68. The van der Waals surface area contributed by atoms with Gasteiger partial charge in [0.1, 0.15) is 0 Å². The molecule has 2 nitrogen and oxygen atoms in total. The van der Waals surface area contributed by atoms with Crippen LogP contribution in [0.25, 0.3) is 0 Å². The Morgan fingerprint density at radius 1 is 0.893 bits per heavy atom. The quantitative estimate of drug-likeness (QED) is 0.585. The third kappa shape index (κ3) is 2.83. The minimum absolute atomic E-state index is 0.165. The van der Waals surface area contributed by atoms with Gasteiger partial charge in [-0.25, -0.2) is 0 Å². The van der Waals surface area contributed by atoms with Crippen LogP contribution in [0, 0.1) is 34.5 Å². The van der Waals surface area contributed by atoms with Crippen molar-refractivity contribution in [3.8, 4) is 0 Å². The van der Waals surface area contributed by atoms with Gasteiger partial charge in [-0.1, -0.05) is 19.4 Å². The van der Waals surface area contributed by atoms with E-state index in [1.165, 1.54) is 83.7 Å². The van der Waals surface area contributed by atoms with Crippen molar-refractivity contribution in [1.29, 1.82) is 0 Å². The van der Waals surface area contributed by atoms with Gasteiger partial charge in [0.25, 0.3) is 0 Å². The van der Waals surface area contributed by atoms with E-state index in [1.807, 2.05) is 0 Å². The van der Waals surface area contributed by atoms with E-state index in [-0.39, 0.29) is 5.41 Å². The summed E-state index contributed by atoms with van der Waals surface area (Å²) in [7, 11) is 0. The average molecular weight is 386 g/mol. The van der Waals surface area contributed by atoms with E-state index in [1.54, 1.807) is 5.57 Å². The minimum atomic E-state index is -0.438. The molecule has 5 rings (SSSR count).